The van der Waals surface area contributed by atoms with Crippen molar-refractivity contribution in [3.05, 3.63) is 34.6 Å². The standard InChI is InChI=1S/C12H15ClFN/c1-12(5-6-12)10(15)7-8-3-2-4-9(14)11(8)13/h2-4,10H,5-7,15H2,1H3. The summed E-state index contributed by atoms with van der Waals surface area (Å²) < 4.78 is 13.2. The molecule has 1 aromatic rings. The number of nitrogens with two attached hydrogens (primary N) is 1. The molecule has 3 heteroatoms. The Kier molecular flexibility index (Phi) is 2.73. The molecular formula is C12H15ClFN. The molecule has 0 bridgehead atoms. The molecule has 82 valence electrons. The van der Waals surface area contributed by atoms with Gasteiger partial charge in [-0.3, -0.25) is 0 Å². The maximum Gasteiger partial charge on any atom is 0.142 e. The van der Waals surface area contributed by atoms with Gasteiger partial charge in [-0.25, -0.2) is 4.39 Å². The summed E-state index contributed by atoms with van der Waals surface area (Å²) in [7, 11) is 0. The van der Waals surface area contributed by atoms with E-state index in [1.807, 2.05) is 6.07 Å². The van der Waals surface area contributed by atoms with E-state index in [4.69, 9.17) is 17.3 Å². The Bertz CT molecular complexity index is 374. The molecule has 0 spiro atoms. The fourth-order valence-electron chi connectivity index (χ4n) is 1.76. The van der Waals surface area contributed by atoms with Crippen LogP contribution in [0.2, 0.25) is 5.02 Å². The SMILES string of the molecule is CC1(C(N)Cc2cccc(F)c2Cl)CC1. The number of halogens is 2. The molecule has 0 aromatic heterocycles. The molecular weight excluding hydrogens is 213 g/mol. The van der Waals surface area contributed by atoms with E-state index in [0.29, 0.717) is 6.42 Å². The minimum atomic E-state index is -0.359. The predicted molar refractivity (Wildman–Crippen MR) is 60.4 cm³/mol. The lowest BCUT2D eigenvalue weighted by molar-refractivity contribution is 0.432. The summed E-state index contributed by atoms with van der Waals surface area (Å²) >= 11 is 5.88. The van der Waals surface area contributed by atoms with Gasteiger partial charge < -0.3 is 5.73 Å². The van der Waals surface area contributed by atoms with Gasteiger partial charge in [0.15, 0.2) is 0 Å². The van der Waals surface area contributed by atoms with E-state index in [9.17, 15) is 4.39 Å². The van der Waals surface area contributed by atoms with Crippen LogP contribution in [0.15, 0.2) is 18.2 Å². The zero-order chi connectivity index (χ0) is 11.1. The zero-order valence-electron chi connectivity index (χ0n) is 8.76. The molecule has 1 aliphatic carbocycles. The van der Waals surface area contributed by atoms with Crippen molar-refractivity contribution in [1.82, 2.24) is 0 Å². The summed E-state index contributed by atoms with van der Waals surface area (Å²) in [6, 6.07) is 4.97. The van der Waals surface area contributed by atoms with Gasteiger partial charge in [-0.2, -0.15) is 0 Å². The van der Waals surface area contributed by atoms with Crippen molar-refractivity contribution < 1.29 is 4.39 Å². The monoisotopic (exact) mass is 227 g/mol. The first-order valence-corrected chi connectivity index (χ1v) is 5.59. The molecule has 1 nitrogen and oxygen atoms in total. The summed E-state index contributed by atoms with van der Waals surface area (Å²) in [6.45, 7) is 2.17. The third-order valence-electron chi connectivity index (χ3n) is 3.41. The highest BCUT2D eigenvalue weighted by Crippen LogP contribution is 2.48. The number of hydrogen-bond acceptors (Lipinski definition) is 1. The largest absolute Gasteiger partial charge is 0.327 e. The first-order chi connectivity index (χ1) is 7.03. The highest BCUT2D eigenvalue weighted by atomic mass is 35.5. The van der Waals surface area contributed by atoms with Crippen LogP contribution < -0.4 is 5.73 Å². The number of benzene rings is 1. The highest BCUT2D eigenvalue weighted by Gasteiger charge is 2.42. The summed E-state index contributed by atoms with van der Waals surface area (Å²) in [5.41, 5.74) is 7.15. The Labute approximate surface area is 94.4 Å². The van der Waals surface area contributed by atoms with Gasteiger partial charge in [-0.15, -0.1) is 0 Å². The van der Waals surface area contributed by atoms with Gasteiger partial charge in [0.2, 0.25) is 0 Å². The Balaban J connectivity index is 2.14. The molecule has 15 heavy (non-hydrogen) atoms. The van der Waals surface area contributed by atoms with Gasteiger partial charge in [0.25, 0.3) is 0 Å². The summed E-state index contributed by atoms with van der Waals surface area (Å²) in [5, 5.41) is 0.220. The van der Waals surface area contributed by atoms with Crippen LogP contribution in [0.1, 0.15) is 25.3 Å². The molecule has 2 rings (SSSR count). The average Bonchev–Trinajstić information content (AvgIpc) is 2.93. The lowest BCUT2D eigenvalue weighted by Gasteiger charge is -2.19. The lowest BCUT2D eigenvalue weighted by atomic mass is 9.93. The average molecular weight is 228 g/mol. The summed E-state index contributed by atoms with van der Waals surface area (Å²) in [6.07, 6.45) is 3.00. The number of rotatable bonds is 3. The summed E-state index contributed by atoms with van der Waals surface area (Å²) in [5.74, 6) is -0.359. The van der Waals surface area contributed by atoms with Crippen LogP contribution in [-0.2, 0) is 6.42 Å². The Morgan fingerprint density at radius 2 is 2.20 bits per heavy atom. The van der Waals surface area contributed by atoms with E-state index < -0.39 is 0 Å². The van der Waals surface area contributed by atoms with Crippen molar-refractivity contribution in [2.24, 2.45) is 11.1 Å². The van der Waals surface area contributed by atoms with Crippen molar-refractivity contribution in [3.63, 3.8) is 0 Å². The minimum absolute atomic E-state index is 0.0804. The van der Waals surface area contributed by atoms with Crippen LogP contribution in [-0.4, -0.2) is 6.04 Å². The van der Waals surface area contributed by atoms with Crippen molar-refractivity contribution >= 4 is 11.6 Å². The van der Waals surface area contributed by atoms with Crippen molar-refractivity contribution in [1.29, 1.82) is 0 Å². The van der Waals surface area contributed by atoms with Crippen molar-refractivity contribution in [2.75, 3.05) is 0 Å². The second kappa shape index (κ2) is 3.76. The van der Waals surface area contributed by atoms with E-state index in [2.05, 4.69) is 6.92 Å². The Hall–Kier alpha value is -0.600. The fraction of sp³-hybridized carbons (Fsp3) is 0.500. The zero-order valence-corrected chi connectivity index (χ0v) is 9.52. The second-order valence-corrected chi connectivity index (χ2v) is 5.06. The molecule has 1 atom stereocenters. The van der Waals surface area contributed by atoms with Crippen LogP contribution in [0.4, 0.5) is 4.39 Å². The number of hydrogen-bond donors (Lipinski definition) is 1. The predicted octanol–water partition coefficient (Wildman–Crippen LogP) is 3.15. The van der Waals surface area contributed by atoms with Gasteiger partial charge in [0, 0.05) is 6.04 Å². The van der Waals surface area contributed by atoms with E-state index >= 15 is 0 Å². The normalized spacial score (nSPS) is 20.0. The maximum atomic E-state index is 13.2. The third-order valence-corrected chi connectivity index (χ3v) is 3.83. The van der Waals surface area contributed by atoms with Gasteiger partial charge in [0.05, 0.1) is 5.02 Å². The Morgan fingerprint density at radius 1 is 1.53 bits per heavy atom. The van der Waals surface area contributed by atoms with Gasteiger partial charge >= 0.3 is 0 Å². The van der Waals surface area contributed by atoms with E-state index in [1.54, 1.807) is 6.07 Å². The van der Waals surface area contributed by atoms with E-state index in [-0.39, 0.29) is 22.3 Å². The molecule has 0 radical (unpaired) electrons. The molecule has 0 saturated heterocycles. The molecule has 1 aliphatic rings. The van der Waals surface area contributed by atoms with E-state index in [1.165, 1.54) is 18.9 Å². The Morgan fingerprint density at radius 3 is 2.80 bits per heavy atom. The lowest BCUT2D eigenvalue weighted by Crippen LogP contribution is -2.32. The van der Waals surface area contributed by atoms with Crippen molar-refractivity contribution in [2.45, 2.75) is 32.2 Å². The molecule has 0 heterocycles. The molecule has 2 N–H and O–H groups in total. The second-order valence-electron chi connectivity index (χ2n) is 4.68. The summed E-state index contributed by atoms with van der Waals surface area (Å²) in [4.78, 5) is 0. The van der Waals surface area contributed by atoms with Crippen LogP contribution in [0.25, 0.3) is 0 Å². The molecule has 1 aromatic carbocycles. The molecule has 1 saturated carbocycles. The van der Waals surface area contributed by atoms with Gasteiger partial charge in [-0.1, -0.05) is 30.7 Å². The molecule has 0 amide bonds. The first-order valence-electron chi connectivity index (χ1n) is 5.21. The van der Waals surface area contributed by atoms with Crippen LogP contribution in [0.3, 0.4) is 0 Å². The van der Waals surface area contributed by atoms with E-state index in [0.717, 1.165) is 5.56 Å². The molecule has 1 unspecified atom stereocenters. The third kappa shape index (κ3) is 2.16. The quantitative estimate of drug-likeness (QED) is 0.844. The van der Waals surface area contributed by atoms with Gasteiger partial charge in [0.1, 0.15) is 5.82 Å². The molecule has 1 fully saturated rings. The first kappa shape index (κ1) is 10.9. The van der Waals surface area contributed by atoms with Crippen LogP contribution in [0, 0.1) is 11.2 Å². The fourth-order valence-corrected chi connectivity index (χ4v) is 1.96. The molecule has 0 aliphatic heterocycles. The minimum Gasteiger partial charge on any atom is -0.327 e. The van der Waals surface area contributed by atoms with Crippen LogP contribution >= 0.6 is 11.6 Å². The smallest absolute Gasteiger partial charge is 0.142 e. The highest BCUT2D eigenvalue weighted by molar-refractivity contribution is 6.31. The maximum absolute atomic E-state index is 13.2. The topological polar surface area (TPSA) is 26.0 Å². The van der Waals surface area contributed by atoms with Crippen LogP contribution in [0.5, 0.6) is 0 Å². The van der Waals surface area contributed by atoms with Gasteiger partial charge in [-0.05, 0) is 36.3 Å². The van der Waals surface area contributed by atoms with Crippen molar-refractivity contribution in [3.8, 4) is 0 Å².